The summed E-state index contributed by atoms with van der Waals surface area (Å²) in [6.45, 7) is 6.85. The van der Waals surface area contributed by atoms with Crippen molar-refractivity contribution in [1.82, 2.24) is 15.5 Å². The molecule has 0 aliphatic carbocycles. The predicted molar refractivity (Wildman–Crippen MR) is 84.2 cm³/mol. The number of nitrogens with zero attached hydrogens (tertiary/aromatic N) is 1. The van der Waals surface area contributed by atoms with Crippen LogP contribution < -0.4 is 10.6 Å². The van der Waals surface area contributed by atoms with Crippen molar-refractivity contribution in [3.63, 3.8) is 0 Å². The zero-order chi connectivity index (χ0) is 13.8. The SMILES string of the molecule is Clc1cccc(C2CNCCN2CC2CCNCC2)c1. The number of halogens is 1. The van der Waals surface area contributed by atoms with Gasteiger partial charge in [-0.2, -0.15) is 0 Å². The highest BCUT2D eigenvalue weighted by molar-refractivity contribution is 6.30. The molecule has 4 heteroatoms. The van der Waals surface area contributed by atoms with Gasteiger partial charge in [0.1, 0.15) is 0 Å². The minimum Gasteiger partial charge on any atom is -0.317 e. The van der Waals surface area contributed by atoms with E-state index in [4.69, 9.17) is 11.6 Å². The van der Waals surface area contributed by atoms with E-state index in [1.165, 1.54) is 38.0 Å². The quantitative estimate of drug-likeness (QED) is 0.895. The Labute approximate surface area is 126 Å². The third-order valence-electron chi connectivity index (χ3n) is 4.54. The number of hydrogen-bond donors (Lipinski definition) is 2. The molecule has 0 spiro atoms. The van der Waals surface area contributed by atoms with E-state index in [2.05, 4.69) is 33.7 Å². The fourth-order valence-electron chi connectivity index (χ4n) is 3.40. The topological polar surface area (TPSA) is 27.3 Å². The van der Waals surface area contributed by atoms with Gasteiger partial charge in [-0.1, -0.05) is 23.7 Å². The summed E-state index contributed by atoms with van der Waals surface area (Å²) in [5.41, 5.74) is 1.35. The Kier molecular flexibility index (Phi) is 4.94. The molecule has 0 amide bonds. The van der Waals surface area contributed by atoms with Gasteiger partial charge in [-0.25, -0.2) is 0 Å². The molecule has 110 valence electrons. The van der Waals surface area contributed by atoms with E-state index in [9.17, 15) is 0 Å². The molecule has 3 rings (SSSR count). The lowest BCUT2D eigenvalue weighted by atomic mass is 9.95. The maximum atomic E-state index is 6.16. The van der Waals surface area contributed by atoms with Gasteiger partial charge in [-0.05, 0) is 49.5 Å². The zero-order valence-electron chi connectivity index (χ0n) is 11.9. The van der Waals surface area contributed by atoms with Crippen LogP contribution in [0, 0.1) is 5.92 Å². The Morgan fingerprint density at radius 2 is 2.00 bits per heavy atom. The van der Waals surface area contributed by atoms with Crippen molar-refractivity contribution in [3.05, 3.63) is 34.9 Å². The highest BCUT2D eigenvalue weighted by Gasteiger charge is 2.26. The lowest BCUT2D eigenvalue weighted by molar-refractivity contribution is 0.126. The van der Waals surface area contributed by atoms with E-state index < -0.39 is 0 Å². The van der Waals surface area contributed by atoms with Crippen molar-refractivity contribution in [3.8, 4) is 0 Å². The Bertz CT molecular complexity index is 431. The Morgan fingerprint density at radius 1 is 1.15 bits per heavy atom. The third kappa shape index (κ3) is 3.53. The third-order valence-corrected chi connectivity index (χ3v) is 4.77. The van der Waals surface area contributed by atoms with Crippen molar-refractivity contribution in [2.24, 2.45) is 5.92 Å². The average Bonchev–Trinajstić information content (AvgIpc) is 2.49. The molecule has 3 nitrogen and oxygen atoms in total. The van der Waals surface area contributed by atoms with Crippen LogP contribution in [0.5, 0.6) is 0 Å². The van der Waals surface area contributed by atoms with Crippen molar-refractivity contribution in [2.75, 3.05) is 39.3 Å². The Hall–Kier alpha value is -0.610. The molecule has 2 aliphatic rings. The maximum Gasteiger partial charge on any atom is 0.0473 e. The van der Waals surface area contributed by atoms with E-state index in [0.717, 1.165) is 30.6 Å². The number of piperidine rings is 1. The molecular formula is C16H24ClN3. The van der Waals surface area contributed by atoms with Crippen LogP contribution in [0.1, 0.15) is 24.4 Å². The van der Waals surface area contributed by atoms with Gasteiger partial charge in [0.2, 0.25) is 0 Å². The number of rotatable bonds is 3. The first kappa shape index (κ1) is 14.3. The minimum absolute atomic E-state index is 0.470. The maximum absolute atomic E-state index is 6.16. The molecule has 2 N–H and O–H groups in total. The molecule has 2 saturated heterocycles. The molecule has 0 aromatic heterocycles. The average molecular weight is 294 g/mol. The first-order valence-corrected chi connectivity index (χ1v) is 8.11. The summed E-state index contributed by atoms with van der Waals surface area (Å²) in [5, 5.41) is 7.82. The monoisotopic (exact) mass is 293 g/mol. The van der Waals surface area contributed by atoms with Crippen LogP contribution in [0.3, 0.4) is 0 Å². The number of nitrogens with one attached hydrogen (secondary N) is 2. The van der Waals surface area contributed by atoms with Gasteiger partial charge in [0.05, 0.1) is 0 Å². The van der Waals surface area contributed by atoms with E-state index in [1.54, 1.807) is 0 Å². The van der Waals surface area contributed by atoms with Crippen LogP contribution in [0.25, 0.3) is 0 Å². The molecule has 0 bridgehead atoms. The van der Waals surface area contributed by atoms with Crippen LogP contribution in [-0.4, -0.2) is 44.2 Å². The lowest BCUT2D eigenvalue weighted by Crippen LogP contribution is -2.48. The number of piperazine rings is 1. The molecule has 0 radical (unpaired) electrons. The van der Waals surface area contributed by atoms with Gasteiger partial charge in [-0.15, -0.1) is 0 Å². The fraction of sp³-hybridized carbons (Fsp3) is 0.625. The lowest BCUT2D eigenvalue weighted by Gasteiger charge is -2.39. The highest BCUT2D eigenvalue weighted by atomic mass is 35.5. The van der Waals surface area contributed by atoms with Crippen molar-refractivity contribution < 1.29 is 0 Å². The van der Waals surface area contributed by atoms with Crippen LogP contribution in [0.15, 0.2) is 24.3 Å². The van der Waals surface area contributed by atoms with Crippen LogP contribution in [-0.2, 0) is 0 Å². The molecule has 1 unspecified atom stereocenters. The van der Waals surface area contributed by atoms with Gasteiger partial charge in [0.25, 0.3) is 0 Å². The van der Waals surface area contributed by atoms with Crippen LogP contribution in [0.4, 0.5) is 0 Å². The molecule has 1 aromatic rings. The molecule has 20 heavy (non-hydrogen) atoms. The van der Waals surface area contributed by atoms with Crippen molar-refractivity contribution >= 4 is 11.6 Å². The zero-order valence-corrected chi connectivity index (χ0v) is 12.7. The summed E-state index contributed by atoms with van der Waals surface area (Å²) in [7, 11) is 0. The summed E-state index contributed by atoms with van der Waals surface area (Å²) in [4.78, 5) is 2.65. The fourth-order valence-corrected chi connectivity index (χ4v) is 3.60. The van der Waals surface area contributed by atoms with Gasteiger partial charge in [0, 0.05) is 37.2 Å². The first-order valence-electron chi connectivity index (χ1n) is 7.74. The largest absolute Gasteiger partial charge is 0.317 e. The Morgan fingerprint density at radius 3 is 2.80 bits per heavy atom. The standard InChI is InChI=1S/C16H24ClN3/c17-15-3-1-2-14(10-15)16-11-19-8-9-20(16)12-13-4-6-18-7-5-13/h1-3,10,13,16,18-19H,4-9,11-12H2. The van der Waals surface area contributed by atoms with Crippen LogP contribution in [0.2, 0.25) is 5.02 Å². The summed E-state index contributed by atoms with van der Waals surface area (Å²) >= 11 is 6.16. The molecule has 2 fully saturated rings. The van der Waals surface area contributed by atoms with E-state index in [1.807, 2.05) is 6.07 Å². The summed E-state index contributed by atoms with van der Waals surface area (Å²) < 4.78 is 0. The summed E-state index contributed by atoms with van der Waals surface area (Å²) in [6, 6.07) is 8.82. The van der Waals surface area contributed by atoms with Crippen LogP contribution >= 0.6 is 11.6 Å². The number of hydrogen-bond acceptors (Lipinski definition) is 3. The van der Waals surface area contributed by atoms with Gasteiger partial charge >= 0.3 is 0 Å². The summed E-state index contributed by atoms with van der Waals surface area (Å²) in [5.74, 6) is 0.844. The first-order chi connectivity index (χ1) is 9.83. The molecular weight excluding hydrogens is 270 g/mol. The van der Waals surface area contributed by atoms with Crippen molar-refractivity contribution in [1.29, 1.82) is 0 Å². The van der Waals surface area contributed by atoms with Gasteiger partial charge in [0.15, 0.2) is 0 Å². The van der Waals surface area contributed by atoms with E-state index in [-0.39, 0.29) is 0 Å². The minimum atomic E-state index is 0.470. The Balaban J connectivity index is 1.70. The second-order valence-electron chi connectivity index (χ2n) is 5.96. The summed E-state index contributed by atoms with van der Waals surface area (Å²) in [6.07, 6.45) is 2.62. The molecule has 1 aromatic carbocycles. The second-order valence-corrected chi connectivity index (χ2v) is 6.40. The molecule has 0 saturated carbocycles. The number of benzene rings is 1. The van der Waals surface area contributed by atoms with E-state index >= 15 is 0 Å². The van der Waals surface area contributed by atoms with Crippen molar-refractivity contribution in [2.45, 2.75) is 18.9 Å². The molecule has 2 heterocycles. The second kappa shape index (κ2) is 6.90. The normalized spacial score (nSPS) is 25.8. The molecule has 1 atom stereocenters. The van der Waals surface area contributed by atoms with Gasteiger partial charge < -0.3 is 10.6 Å². The smallest absolute Gasteiger partial charge is 0.0473 e. The predicted octanol–water partition coefficient (Wildman–Crippen LogP) is 2.29. The van der Waals surface area contributed by atoms with E-state index in [0.29, 0.717) is 6.04 Å². The highest BCUT2D eigenvalue weighted by Crippen LogP contribution is 2.26. The van der Waals surface area contributed by atoms with Gasteiger partial charge in [-0.3, -0.25) is 4.90 Å². The molecule has 2 aliphatic heterocycles.